The van der Waals surface area contributed by atoms with Gasteiger partial charge in [-0.05, 0) is 31.4 Å². The number of benzene rings is 1. The molecule has 1 saturated heterocycles. The first-order valence-electron chi connectivity index (χ1n) is 8.54. The van der Waals surface area contributed by atoms with Crippen LogP contribution in [0.4, 0.5) is 0 Å². The fraction of sp³-hybridized carbons (Fsp3) is 0.556. The normalized spacial score (nSPS) is 15.2. The molecule has 0 aliphatic carbocycles. The Morgan fingerprint density at radius 1 is 1.29 bits per heavy atom. The van der Waals surface area contributed by atoms with Gasteiger partial charge >= 0.3 is 0 Å². The van der Waals surface area contributed by atoms with Crippen LogP contribution in [0.3, 0.4) is 0 Å². The maximum Gasteiger partial charge on any atom is 0.222 e. The van der Waals surface area contributed by atoms with Gasteiger partial charge in [0.15, 0.2) is 0 Å². The van der Waals surface area contributed by atoms with Crippen molar-refractivity contribution in [1.29, 1.82) is 0 Å². The van der Waals surface area contributed by atoms with E-state index in [1.807, 2.05) is 30.0 Å². The van der Waals surface area contributed by atoms with Crippen molar-refractivity contribution >= 4 is 23.4 Å². The number of ether oxygens (including phenoxy) is 1. The molecule has 1 aliphatic rings. The summed E-state index contributed by atoms with van der Waals surface area (Å²) in [5.74, 6) is 0.877. The Bertz CT molecular complexity index is 557. The molecule has 5 nitrogen and oxygen atoms in total. The largest absolute Gasteiger partial charge is 0.492 e. The van der Waals surface area contributed by atoms with Gasteiger partial charge in [0, 0.05) is 32.0 Å². The van der Waals surface area contributed by atoms with Gasteiger partial charge in [0.1, 0.15) is 5.75 Å². The Kier molecular flexibility index (Phi) is 7.37. The van der Waals surface area contributed by atoms with E-state index in [9.17, 15) is 9.59 Å². The van der Waals surface area contributed by atoms with Gasteiger partial charge in [0.25, 0.3) is 0 Å². The van der Waals surface area contributed by atoms with E-state index in [0.717, 1.165) is 25.9 Å². The molecule has 1 heterocycles. The highest BCUT2D eigenvalue weighted by atomic mass is 35.5. The van der Waals surface area contributed by atoms with E-state index in [-0.39, 0.29) is 17.9 Å². The Morgan fingerprint density at radius 2 is 2.00 bits per heavy atom. The smallest absolute Gasteiger partial charge is 0.222 e. The number of para-hydroxylation sites is 1. The van der Waals surface area contributed by atoms with Gasteiger partial charge in [-0.15, -0.1) is 0 Å². The van der Waals surface area contributed by atoms with Crippen molar-refractivity contribution in [3.05, 3.63) is 29.3 Å². The summed E-state index contributed by atoms with van der Waals surface area (Å²) in [4.78, 5) is 25.5. The molecular weight excluding hydrogens is 328 g/mol. The number of carbonyl (C=O) groups excluding carboxylic acids is 2. The predicted octanol–water partition coefficient (Wildman–Crippen LogP) is 3.02. The maximum atomic E-state index is 12.0. The highest BCUT2D eigenvalue weighted by Crippen LogP contribution is 2.23. The summed E-state index contributed by atoms with van der Waals surface area (Å²) in [5, 5.41) is 3.63. The SMILES string of the molecule is CCC(=O)N1CCC(NC(=O)CCCOc2ccccc2Cl)CC1. The zero-order valence-electron chi connectivity index (χ0n) is 14.1. The second-order valence-electron chi connectivity index (χ2n) is 5.96. The number of rotatable bonds is 7. The van der Waals surface area contributed by atoms with Crippen LogP contribution < -0.4 is 10.1 Å². The Labute approximate surface area is 148 Å². The van der Waals surface area contributed by atoms with Crippen molar-refractivity contribution in [2.75, 3.05) is 19.7 Å². The average Bonchev–Trinajstić information content (AvgIpc) is 2.60. The highest BCUT2D eigenvalue weighted by molar-refractivity contribution is 6.32. The number of carbonyl (C=O) groups is 2. The zero-order valence-corrected chi connectivity index (χ0v) is 14.8. The molecule has 1 aromatic rings. The van der Waals surface area contributed by atoms with Crippen LogP contribution in [0, 0.1) is 0 Å². The molecule has 1 aliphatic heterocycles. The average molecular weight is 353 g/mol. The quantitative estimate of drug-likeness (QED) is 0.767. The molecule has 0 aromatic heterocycles. The number of amides is 2. The van der Waals surface area contributed by atoms with E-state index in [0.29, 0.717) is 36.6 Å². The number of hydrogen-bond donors (Lipinski definition) is 1. The molecule has 24 heavy (non-hydrogen) atoms. The van der Waals surface area contributed by atoms with Crippen LogP contribution in [0.2, 0.25) is 5.02 Å². The Balaban J connectivity index is 1.60. The minimum Gasteiger partial charge on any atom is -0.492 e. The molecule has 0 radical (unpaired) electrons. The Morgan fingerprint density at radius 3 is 2.67 bits per heavy atom. The van der Waals surface area contributed by atoms with Crippen LogP contribution in [0.25, 0.3) is 0 Å². The first-order chi connectivity index (χ1) is 11.6. The van der Waals surface area contributed by atoms with Gasteiger partial charge in [-0.25, -0.2) is 0 Å². The summed E-state index contributed by atoms with van der Waals surface area (Å²) in [6, 6.07) is 7.47. The fourth-order valence-electron chi connectivity index (χ4n) is 2.77. The summed E-state index contributed by atoms with van der Waals surface area (Å²) in [6.07, 6.45) is 3.27. The Hall–Kier alpha value is -1.75. The van der Waals surface area contributed by atoms with Crippen molar-refractivity contribution in [3.63, 3.8) is 0 Å². The molecule has 2 amide bonds. The maximum absolute atomic E-state index is 12.0. The molecule has 0 saturated carbocycles. The van der Waals surface area contributed by atoms with Crippen LogP contribution in [-0.2, 0) is 9.59 Å². The second kappa shape index (κ2) is 9.52. The summed E-state index contributed by atoms with van der Waals surface area (Å²) in [6.45, 7) is 3.79. The van der Waals surface area contributed by atoms with Crippen molar-refractivity contribution in [2.45, 2.75) is 45.1 Å². The van der Waals surface area contributed by atoms with Crippen LogP contribution in [0.15, 0.2) is 24.3 Å². The minimum absolute atomic E-state index is 0.0398. The summed E-state index contributed by atoms with van der Waals surface area (Å²) < 4.78 is 5.57. The molecule has 6 heteroatoms. The van der Waals surface area contributed by atoms with Crippen LogP contribution in [0.5, 0.6) is 5.75 Å². The molecule has 0 spiro atoms. The van der Waals surface area contributed by atoms with Crippen molar-refractivity contribution < 1.29 is 14.3 Å². The third kappa shape index (κ3) is 5.71. The lowest BCUT2D eigenvalue weighted by molar-refractivity contribution is -0.132. The summed E-state index contributed by atoms with van der Waals surface area (Å²) in [7, 11) is 0. The van der Waals surface area contributed by atoms with Gasteiger partial charge in [0.2, 0.25) is 11.8 Å². The molecular formula is C18H25ClN2O3. The highest BCUT2D eigenvalue weighted by Gasteiger charge is 2.22. The minimum atomic E-state index is 0.0398. The lowest BCUT2D eigenvalue weighted by atomic mass is 10.0. The van der Waals surface area contributed by atoms with Gasteiger partial charge in [0.05, 0.1) is 11.6 Å². The topological polar surface area (TPSA) is 58.6 Å². The number of piperidine rings is 1. The van der Waals surface area contributed by atoms with E-state index >= 15 is 0 Å². The number of halogens is 1. The molecule has 2 rings (SSSR count). The number of hydrogen-bond acceptors (Lipinski definition) is 3. The molecule has 0 bridgehead atoms. The first-order valence-corrected chi connectivity index (χ1v) is 8.92. The van der Waals surface area contributed by atoms with Crippen molar-refractivity contribution in [1.82, 2.24) is 10.2 Å². The van der Waals surface area contributed by atoms with Gasteiger partial charge in [-0.1, -0.05) is 30.7 Å². The third-order valence-electron chi connectivity index (χ3n) is 4.16. The van der Waals surface area contributed by atoms with Crippen LogP contribution >= 0.6 is 11.6 Å². The van der Waals surface area contributed by atoms with Gasteiger partial charge in [-0.3, -0.25) is 9.59 Å². The predicted molar refractivity (Wildman–Crippen MR) is 94.2 cm³/mol. The van der Waals surface area contributed by atoms with E-state index in [1.54, 1.807) is 6.07 Å². The lowest BCUT2D eigenvalue weighted by Gasteiger charge is -2.32. The second-order valence-corrected chi connectivity index (χ2v) is 6.37. The zero-order chi connectivity index (χ0) is 17.4. The molecule has 1 N–H and O–H groups in total. The van der Waals surface area contributed by atoms with Crippen LogP contribution in [-0.4, -0.2) is 42.5 Å². The van der Waals surface area contributed by atoms with Crippen LogP contribution in [0.1, 0.15) is 39.0 Å². The van der Waals surface area contributed by atoms with E-state index in [1.165, 1.54) is 0 Å². The molecule has 132 valence electrons. The summed E-state index contributed by atoms with van der Waals surface area (Å²) >= 11 is 6.01. The van der Waals surface area contributed by atoms with Crippen molar-refractivity contribution in [2.24, 2.45) is 0 Å². The number of likely N-dealkylation sites (tertiary alicyclic amines) is 1. The first kappa shape index (κ1) is 18.6. The van der Waals surface area contributed by atoms with E-state index < -0.39 is 0 Å². The van der Waals surface area contributed by atoms with E-state index in [4.69, 9.17) is 16.3 Å². The molecule has 0 unspecified atom stereocenters. The summed E-state index contributed by atoms with van der Waals surface area (Å²) in [5.41, 5.74) is 0. The lowest BCUT2D eigenvalue weighted by Crippen LogP contribution is -2.46. The molecule has 1 aromatic carbocycles. The monoisotopic (exact) mass is 352 g/mol. The number of nitrogens with one attached hydrogen (secondary N) is 1. The fourth-order valence-corrected chi connectivity index (χ4v) is 2.96. The number of nitrogens with zero attached hydrogens (tertiary/aromatic N) is 1. The molecule has 0 atom stereocenters. The van der Waals surface area contributed by atoms with Gasteiger partial charge in [-0.2, -0.15) is 0 Å². The van der Waals surface area contributed by atoms with Gasteiger partial charge < -0.3 is 15.0 Å². The van der Waals surface area contributed by atoms with Crippen molar-refractivity contribution in [3.8, 4) is 5.75 Å². The van der Waals surface area contributed by atoms with E-state index in [2.05, 4.69) is 5.32 Å². The molecule has 1 fully saturated rings. The third-order valence-corrected chi connectivity index (χ3v) is 4.47. The standard InChI is InChI=1S/C18H25ClN2O3/c1-2-18(23)21-11-9-14(10-12-21)20-17(22)8-5-13-24-16-7-4-3-6-15(16)19/h3-4,6-7,14H,2,5,8-13H2,1H3,(H,20,22).